The van der Waals surface area contributed by atoms with Crippen LogP contribution in [-0.2, 0) is 14.9 Å². The van der Waals surface area contributed by atoms with Gasteiger partial charge in [-0.2, -0.15) is 0 Å². The Morgan fingerprint density at radius 3 is 2.54 bits per heavy atom. The van der Waals surface area contributed by atoms with E-state index >= 15 is 0 Å². The van der Waals surface area contributed by atoms with Crippen molar-refractivity contribution in [1.29, 1.82) is 0 Å². The molecule has 1 N–H and O–H groups in total. The van der Waals surface area contributed by atoms with Gasteiger partial charge in [0.2, 0.25) is 5.91 Å². The summed E-state index contributed by atoms with van der Waals surface area (Å²) in [5.74, 6) is 0.340. The van der Waals surface area contributed by atoms with Crippen LogP contribution in [0.4, 0.5) is 9.18 Å². The highest BCUT2D eigenvalue weighted by Crippen LogP contribution is 2.45. The second kappa shape index (κ2) is 6.46. The standard InChI is InChI=1S/C22H29FN2O3/c1-21(2,3)17-9-13(5-6-18(17)23)14-7-16(8-14)25(4)19(26)15-10-22(11-15)12-28-20(27)24-22/h5-6,9,14-16H,7-8,10-12H2,1-4H3,(H,24,27). The Morgan fingerprint density at radius 2 is 1.96 bits per heavy atom. The number of alkyl carbamates (subject to hydrolysis) is 1. The summed E-state index contributed by atoms with van der Waals surface area (Å²) in [7, 11) is 1.88. The maximum atomic E-state index is 14.2. The van der Waals surface area contributed by atoms with E-state index in [1.54, 1.807) is 6.07 Å². The molecule has 152 valence electrons. The third-order valence-corrected chi connectivity index (χ3v) is 6.75. The lowest BCUT2D eigenvalue weighted by Crippen LogP contribution is -2.59. The van der Waals surface area contributed by atoms with E-state index in [1.807, 2.05) is 44.9 Å². The molecular weight excluding hydrogens is 359 g/mol. The lowest BCUT2D eigenvalue weighted by molar-refractivity contribution is -0.143. The first kappa shape index (κ1) is 19.2. The molecule has 2 saturated carbocycles. The van der Waals surface area contributed by atoms with Gasteiger partial charge in [0.05, 0.1) is 5.54 Å². The minimum atomic E-state index is -0.380. The van der Waals surface area contributed by atoms with Crippen LogP contribution >= 0.6 is 0 Å². The van der Waals surface area contributed by atoms with Crippen LogP contribution in [0.2, 0.25) is 0 Å². The third-order valence-electron chi connectivity index (χ3n) is 6.75. The van der Waals surface area contributed by atoms with Crippen molar-refractivity contribution < 1.29 is 18.7 Å². The van der Waals surface area contributed by atoms with E-state index in [2.05, 4.69) is 5.32 Å². The van der Waals surface area contributed by atoms with Crippen molar-refractivity contribution in [1.82, 2.24) is 10.2 Å². The largest absolute Gasteiger partial charge is 0.447 e. The van der Waals surface area contributed by atoms with Gasteiger partial charge in [0.25, 0.3) is 0 Å². The minimum absolute atomic E-state index is 0.0376. The van der Waals surface area contributed by atoms with Crippen LogP contribution in [0.3, 0.4) is 0 Å². The Morgan fingerprint density at radius 1 is 1.29 bits per heavy atom. The molecule has 1 aliphatic heterocycles. The van der Waals surface area contributed by atoms with Gasteiger partial charge in [-0.05, 0) is 54.2 Å². The average molecular weight is 388 g/mol. The highest BCUT2D eigenvalue weighted by molar-refractivity contribution is 5.81. The van der Waals surface area contributed by atoms with E-state index in [9.17, 15) is 14.0 Å². The molecule has 4 rings (SSSR count). The third kappa shape index (κ3) is 3.27. The van der Waals surface area contributed by atoms with Crippen molar-refractivity contribution in [3.8, 4) is 0 Å². The molecule has 0 unspecified atom stereocenters. The predicted octanol–water partition coefficient (Wildman–Crippen LogP) is 3.72. The Hall–Kier alpha value is -2.11. The Kier molecular flexibility index (Phi) is 4.43. The molecule has 5 nitrogen and oxygen atoms in total. The summed E-state index contributed by atoms with van der Waals surface area (Å²) in [5, 5.41) is 2.84. The van der Waals surface area contributed by atoms with Gasteiger partial charge >= 0.3 is 6.09 Å². The molecule has 1 aromatic carbocycles. The average Bonchev–Trinajstić information content (AvgIpc) is 2.94. The zero-order chi connectivity index (χ0) is 20.3. The van der Waals surface area contributed by atoms with Crippen molar-refractivity contribution >= 4 is 12.0 Å². The fraction of sp³-hybridized carbons (Fsp3) is 0.636. The van der Waals surface area contributed by atoms with Crippen LogP contribution < -0.4 is 5.32 Å². The number of hydrogen-bond donors (Lipinski definition) is 1. The van der Waals surface area contributed by atoms with Gasteiger partial charge in [-0.3, -0.25) is 4.79 Å². The number of cyclic esters (lactones) is 1. The normalized spacial score (nSPS) is 31.6. The van der Waals surface area contributed by atoms with Crippen molar-refractivity contribution in [2.75, 3.05) is 13.7 Å². The number of rotatable bonds is 3. The topological polar surface area (TPSA) is 58.6 Å². The van der Waals surface area contributed by atoms with Crippen molar-refractivity contribution in [2.45, 2.75) is 69.4 Å². The van der Waals surface area contributed by atoms with Gasteiger partial charge in [0, 0.05) is 19.0 Å². The molecule has 0 bridgehead atoms. The Labute approximate surface area is 165 Å². The molecule has 28 heavy (non-hydrogen) atoms. The van der Waals surface area contributed by atoms with Crippen molar-refractivity contribution in [3.05, 3.63) is 35.1 Å². The molecule has 1 heterocycles. The van der Waals surface area contributed by atoms with Crippen LogP contribution in [0.15, 0.2) is 18.2 Å². The number of carbonyl (C=O) groups is 2. The van der Waals surface area contributed by atoms with Crippen LogP contribution in [0.1, 0.15) is 63.5 Å². The van der Waals surface area contributed by atoms with Gasteiger partial charge in [-0.1, -0.05) is 32.9 Å². The van der Waals surface area contributed by atoms with Gasteiger partial charge < -0.3 is 15.0 Å². The number of carbonyl (C=O) groups excluding carboxylic acids is 2. The van der Waals surface area contributed by atoms with Crippen LogP contribution in [0.25, 0.3) is 0 Å². The first-order valence-electron chi connectivity index (χ1n) is 10.1. The number of ether oxygens (including phenoxy) is 1. The van der Waals surface area contributed by atoms with Crippen molar-refractivity contribution in [3.63, 3.8) is 0 Å². The van der Waals surface area contributed by atoms with Gasteiger partial charge in [-0.15, -0.1) is 0 Å². The van der Waals surface area contributed by atoms with Gasteiger partial charge in [0.15, 0.2) is 0 Å². The lowest BCUT2D eigenvalue weighted by atomic mass is 9.67. The maximum Gasteiger partial charge on any atom is 0.407 e. The zero-order valence-corrected chi connectivity index (χ0v) is 17.0. The minimum Gasteiger partial charge on any atom is -0.447 e. The fourth-order valence-electron chi connectivity index (χ4n) is 4.79. The number of nitrogens with zero attached hydrogens (tertiary/aromatic N) is 1. The quantitative estimate of drug-likeness (QED) is 0.859. The Balaban J connectivity index is 1.33. The van der Waals surface area contributed by atoms with Gasteiger partial charge in [0.1, 0.15) is 12.4 Å². The molecular formula is C22H29FN2O3. The first-order valence-corrected chi connectivity index (χ1v) is 10.1. The highest BCUT2D eigenvalue weighted by atomic mass is 19.1. The molecule has 0 atom stereocenters. The molecule has 2 aliphatic carbocycles. The molecule has 3 aliphatic rings. The Bertz CT molecular complexity index is 804. The van der Waals surface area contributed by atoms with E-state index in [1.165, 1.54) is 0 Å². The lowest BCUT2D eigenvalue weighted by Gasteiger charge is -2.47. The van der Waals surface area contributed by atoms with E-state index in [0.717, 1.165) is 24.0 Å². The maximum absolute atomic E-state index is 14.2. The highest BCUT2D eigenvalue weighted by Gasteiger charge is 2.53. The summed E-state index contributed by atoms with van der Waals surface area (Å²) in [6.07, 6.45) is 2.76. The number of benzene rings is 1. The molecule has 1 saturated heterocycles. The summed E-state index contributed by atoms with van der Waals surface area (Å²) < 4.78 is 19.1. The zero-order valence-electron chi connectivity index (χ0n) is 17.0. The van der Waals surface area contributed by atoms with E-state index < -0.39 is 0 Å². The number of nitrogens with one attached hydrogen (secondary N) is 1. The van der Waals surface area contributed by atoms with E-state index in [0.29, 0.717) is 25.4 Å². The SMILES string of the molecule is CN(C(=O)C1CC2(COC(=O)N2)C1)C1CC(c2ccc(F)c(C(C)(C)C)c2)C1. The molecule has 1 aromatic rings. The molecule has 0 aromatic heterocycles. The smallest absolute Gasteiger partial charge is 0.407 e. The second-order valence-corrected chi connectivity index (χ2v) is 9.85. The summed E-state index contributed by atoms with van der Waals surface area (Å²) in [6.45, 7) is 6.43. The fourth-order valence-corrected chi connectivity index (χ4v) is 4.79. The van der Waals surface area contributed by atoms with Crippen LogP contribution in [0.5, 0.6) is 0 Å². The predicted molar refractivity (Wildman–Crippen MR) is 104 cm³/mol. The number of halogens is 1. The summed E-state index contributed by atoms with van der Waals surface area (Å²) in [6, 6.07) is 5.68. The number of amides is 2. The summed E-state index contributed by atoms with van der Waals surface area (Å²) in [4.78, 5) is 25.9. The van der Waals surface area contributed by atoms with Crippen LogP contribution in [0, 0.1) is 11.7 Å². The van der Waals surface area contributed by atoms with Crippen LogP contribution in [-0.4, -0.2) is 42.1 Å². The van der Waals surface area contributed by atoms with Crippen molar-refractivity contribution in [2.24, 2.45) is 5.92 Å². The number of hydrogen-bond acceptors (Lipinski definition) is 3. The van der Waals surface area contributed by atoms with E-state index in [-0.39, 0.29) is 40.7 Å². The van der Waals surface area contributed by atoms with E-state index in [4.69, 9.17) is 4.74 Å². The summed E-state index contributed by atoms with van der Waals surface area (Å²) in [5.41, 5.74) is 1.36. The molecule has 6 heteroatoms. The molecule has 2 amide bonds. The molecule has 3 fully saturated rings. The second-order valence-electron chi connectivity index (χ2n) is 9.85. The molecule has 1 spiro atoms. The monoisotopic (exact) mass is 388 g/mol. The summed E-state index contributed by atoms with van der Waals surface area (Å²) >= 11 is 0. The molecule has 0 radical (unpaired) electrons. The first-order chi connectivity index (χ1) is 13.1. The van der Waals surface area contributed by atoms with Gasteiger partial charge in [-0.25, -0.2) is 9.18 Å².